The molecule has 0 aliphatic carbocycles. The predicted octanol–water partition coefficient (Wildman–Crippen LogP) is 5.11. The van der Waals surface area contributed by atoms with E-state index in [-0.39, 0.29) is 16.3 Å². The maximum Gasteiger partial charge on any atom is 0.525 e. The summed E-state index contributed by atoms with van der Waals surface area (Å²) in [6, 6.07) is 8.59. The molecule has 0 heterocycles. The number of alkyl halides is 6. The molecule has 6 nitrogen and oxygen atoms in total. The van der Waals surface area contributed by atoms with Crippen molar-refractivity contribution in [1.29, 1.82) is 0 Å². The van der Waals surface area contributed by atoms with Gasteiger partial charge in [0, 0.05) is 5.69 Å². The second-order valence-corrected chi connectivity index (χ2v) is 5.86. The summed E-state index contributed by atoms with van der Waals surface area (Å²) in [6.07, 6.45) is -14.7. The van der Waals surface area contributed by atoms with Gasteiger partial charge in [0.25, 0.3) is 5.91 Å². The molecule has 0 saturated heterocycles. The summed E-state index contributed by atoms with van der Waals surface area (Å²) in [7, 11) is 0. The Hall–Kier alpha value is -2.99. The molecule has 2 aromatic carbocycles. The molecule has 30 heavy (non-hydrogen) atoms. The normalized spacial score (nSPS) is 12.8. The summed E-state index contributed by atoms with van der Waals surface area (Å²) in [4.78, 5) is 23.8. The minimum atomic E-state index is -5.63. The lowest BCUT2D eigenvalue weighted by Gasteiger charge is -2.22. The van der Waals surface area contributed by atoms with Crippen LogP contribution >= 0.6 is 11.6 Å². The van der Waals surface area contributed by atoms with E-state index in [0.717, 1.165) is 24.3 Å². The number of ether oxygens (including phenoxy) is 2. The van der Waals surface area contributed by atoms with Crippen LogP contribution in [0.15, 0.2) is 48.5 Å². The van der Waals surface area contributed by atoms with Gasteiger partial charge in [0.15, 0.2) is 0 Å². The Labute approximate surface area is 169 Å². The fourth-order valence-electron chi connectivity index (χ4n) is 1.97. The molecule has 0 radical (unpaired) electrons. The summed E-state index contributed by atoms with van der Waals surface area (Å²) in [6.45, 7) is 0. The molecule has 0 aliphatic rings. The zero-order valence-electron chi connectivity index (χ0n) is 14.5. The standard InChI is InChI=1S/C17H11ClF6N2O4/c18-12-4-2-1-3-11(12)13(27)26-15(28)25-9-5-7-10(8-6-9)29-16(20,21)14(19)30-17(22,23)24/h1-8,14H,(H2,25,26,27,28). The van der Waals surface area contributed by atoms with Crippen molar-refractivity contribution in [3.8, 4) is 5.75 Å². The van der Waals surface area contributed by atoms with E-state index in [4.69, 9.17) is 11.6 Å². The van der Waals surface area contributed by atoms with Gasteiger partial charge in [-0.1, -0.05) is 23.7 Å². The molecule has 2 N–H and O–H groups in total. The number of benzene rings is 2. The van der Waals surface area contributed by atoms with Gasteiger partial charge in [0.2, 0.25) is 0 Å². The van der Waals surface area contributed by atoms with Gasteiger partial charge < -0.3 is 10.1 Å². The first-order valence-electron chi connectivity index (χ1n) is 7.80. The van der Waals surface area contributed by atoms with E-state index in [0.29, 0.717) is 0 Å². The van der Waals surface area contributed by atoms with E-state index in [1.54, 1.807) is 6.07 Å². The van der Waals surface area contributed by atoms with Crippen molar-refractivity contribution >= 4 is 29.2 Å². The topological polar surface area (TPSA) is 76.7 Å². The Balaban J connectivity index is 1.95. The van der Waals surface area contributed by atoms with Gasteiger partial charge in [-0.05, 0) is 36.4 Å². The number of amides is 3. The molecule has 0 saturated carbocycles. The third-order valence-corrected chi connectivity index (χ3v) is 3.54. The molecule has 3 amide bonds. The van der Waals surface area contributed by atoms with Crippen LogP contribution in [0.5, 0.6) is 5.75 Å². The SMILES string of the molecule is O=C(NC(=O)c1ccccc1Cl)Nc1ccc(OC(F)(F)C(F)OC(F)(F)F)cc1. The van der Waals surface area contributed by atoms with Crippen LogP contribution < -0.4 is 15.4 Å². The molecule has 2 aromatic rings. The molecule has 162 valence electrons. The quantitative estimate of drug-likeness (QED) is 0.593. The summed E-state index contributed by atoms with van der Waals surface area (Å²) in [5, 5.41) is 4.28. The zero-order valence-corrected chi connectivity index (χ0v) is 15.2. The number of imide groups is 1. The smallest absolute Gasteiger partial charge is 0.429 e. The van der Waals surface area contributed by atoms with Crippen molar-refractivity contribution in [3.05, 3.63) is 59.1 Å². The first-order valence-corrected chi connectivity index (χ1v) is 8.17. The number of carbonyl (C=O) groups excluding carboxylic acids is 2. The molecule has 0 fully saturated rings. The summed E-state index contributed by atoms with van der Waals surface area (Å²) in [5.41, 5.74) is 0.0283. The van der Waals surface area contributed by atoms with Crippen LogP contribution in [0.3, 0.4) is 0 Å². The first-order chi connectivity index (χ1) is 13.9. The van der Waals surface area contributed by atoms with Gasteiger partial charge in [-0.25, -0.2) is 13.9 Å². The van der Waals surface area contributed by atoms with Gasteiger partial charge in [-0.3, -0.25) is 10.1 Å². The first kappa shape index (κ1) is 23.3. The highest BCUT2D eigenvalue weighted by Crippen LogP contribution is 2.32. The highest BCUT2D eigenvalue weighted by atomic mass is 35.5. The van der Waals surface area contributed by atoms with Crippen molar-refractivity contribution < 1.29 is 45.4 Å². The number of carbonyl (C=O) groups is 2. The maximum atomic E-state index is 13.3. The second kappa shape index (κ2) is 9.22. The van der Waals surface area contributed by atoms with E-state index in [1.807, 2.05) is 5.32 Å². The Bertz CT molecular complexity index is 908. The number of urea groups is 1. The number of hydrogen-bond donors (Lipinski definition) is 2. The lowest BCUT2D eigenvalue weighted by atomic mass is 10.2. The number of nitrogens with one attached hydrogen (secondary N) is 2. The summed E-state index contributed by atoms with van der Waals surface area (Å²) < 4.78 is 81.6. The van der Waals surface area contributed by atoms with Crippen LogP contribution in [0, 0.1) is 0 Å². The van der Waals surface area contributed by atoms with Crippen LogP contribution in [0.25, 0.3) is 0 Å². The molecule has 0 bridgehead atoms. The third-order valence-electron chi connectivity index (χ3n) is 3.21. The van der Waals surface area contributed by atoms with Gasteiger partial charge in [-0.15, -0.1) is 13.2 Å². The van der Waals surface area contributed by atoms with Gasteiger partial charge >= 0.3 is 24.9 Å². The van der Waals surface area contributed by atoms with Crippen LogP contribution in [-0.4, -0.2) is 30.8 Å². The predicted molar refractivity (Wildman–Crippen MR) is 92.0 cm³/mol. The van der Waals surface area contributed by atoms with Crippen molar-refractivity contribution in [1.82, 2.24) is 5.32 Å². The van der Waals surface area contributed by atoms with E-state index in [1.165, 1.54) is 18.2 Å². The lowest BCUT2D eigenvalue weighted by Crippen LogP contribution is -2.41. The Morgan fingerprint density at radius 1 is 0.967 bits per heavy atom. The molecule has 0 aliphatic heterocycles. The fourth-order valence-corrected chi connectivity index (χ4v) is 2.20. The lowest BCUT2D eigenvalue weighted by molar-refractivity contribution is -0.411. The largest absolute Gasteiger partial charge is 0.525 e. The monoisotopic (exact) mass is 456 g/mol. The number of hydrogen-bond acceptors (Lipinski definition) is 4. The van der Waals surface area contributed by atoms with E-state index >= 15 is 0 Å². The Morgan fingerprint density at radius 3 is 2.13 bits per heavy atom. The third kappa shape index (κ3) is 6.81. The Kier molecular flexibility index (Phi) is 7.16. The fraction of sp³-hybridized carbons (Fsp3) is 0.176. The van der Waals surface area contributed by atoms with Crippen molar-refractivity contribution in [2.24, 2.45) is 0 Å². The minimum absolute atomic E-state index is 0.00142. The summed E-state index contributed by atoms with van der Waals surface area (Å²) in [5.74, 6) is -1.53. The van der Waals surface area contributed by atoms with Gasteiger partial charge in [-0.2, -0.15) is 8.78 Å². The average molecular weight is 457 g/mol. The van der Waals surface area contributed by atoms with Crippen molar-refractivity contribution in [2.45, 2.75) is 18.8 Å². The van der Waals surface area contributed by atoms with E-state index in [2.05, 4.69) is 14.8 Å². The molecular weight excluding hydrogens is 446 g/mol. The van der Waals surface area contributed by atoms with Crippen molar-refractivity contribution in [2.75, 3.05) is 5.32 Å². The van der Waals surface area contributed by atoms with Crippen LogP contribution in [0.2, 0.25) is 5.02 Å². The second-order valence-electron chi connectivity index (χ2n) is 5.46. The molecule has 2 rings (SSSR count). The molecule has 1 unspecified atom stereocenters. The molecular formula is C17H11ClF6N2O4. The zero-order chi connectivity index (χ0) is 22.5. The van der Waals surface area contributed by atoms with Crippen LogP contribution in [0.4, 0.5) is 36.8 Å². The number of halogens is 7. The van der Waals surface area contributed by atoms with Crippen LogP contribution in [-0.2, 0) is 4.74 Å². The number of anilines is 1. The molecule has 1 atom stereocenters. The van der Waals surface area contributed by atoms with E-state index in [9.17, 15) is 35.9 Å². The average Bonchev–Trinajstić information content (AvgIpc) is 2.62. The minimum Gasteiger partial charge on any atom is -0.429 e. The number of rotatable bonds is 6. The van der Waals surface area contributed by atoms with Crippen LogP contribution in [0.1, 0.15) is 10.4 Å². The van der Waals surface area contributed by atoms with Gasteiger partial charge in [0.1, 0.15) is 5.75 Å². The van der Waals surface area contributed by atoms with E-state index < -0.39 is 36.5 Å². The highest BCUT2D eigenvalue weighted by Gasteiger charge is 2.50. The maximum absolute atomic E-state index is 13.3. The Morgan fingerprint density at radius 2 is 1.57 bits per heavy atom. The van der Waals surface area contributed by atoms with Crippen molar-refractivity contribution in [3.63, 3.8) is 0 Å². The molecule has 13 heteroatoms. The highest BCUT2D eigenvalue weighted by molar-refractivity contribution is 6.34. The molecule has 0 spiro atoms. The van der Waals surface area contributed by atoms with Gasteiger partial charge in [0.05, 0.1) is 10.6 Å². The molecule has 0 aromatic heterocycles. The summed E-state index contributed by atoms with van der Waals surface area (Å²) >= 11 is 5.82.